The van der Waals surface area contributed by atoms with Crippen molar-refractivity contribution in [3.8, 4) is 11.5 Å². The molecule has 4 heteroatoms. The molecule has 0 unspecified atom stereocenters. The highest BCUT2D eigenvalue weighted by Crippen LogP contribution is 2.32. The highest BCUT2D eigenvalue weighted by atomic mass is 16.7. The lowest BCUT2D eigenvalue weighted by molar-refractivity contribution is -0.0731. The minimum absolute atomic E-state index is 0.285. The molecule has 0 saturated carbocycles. The molecule has 0 aromatic heterocycles. The molecule has 2 rings (SSSR count). The summed E-state index contributed by atoms with van der Waals surface area (Å²) in [6, 6.07) is 5.62. The topological polar surface area (TPSA) is 41.9 Å². The van der Waals surface area contributed by atoms with Crippen molar-refractivity contribution in [3.05, 3.63) is 23.8 Å². The fraction of sp³-hybridized carbons (Fsp3) is 0.333. The minimum Gasteiger partial charge on any atom is -0.454 e. The van der Waals surface area contributed by atoms with Gasteiger partial charge in [-0.2, -0.15) is 5.06 Å². The first kappa shape index (κ1) is 8.34. The van der Waals surface area contributed by atoms with Crippen LogP contribution < -0.4 is 9.47 Å². The number of nitrogens with zero attached hydrogens (tertiary/aromatic N) is 1. The van der Waals surface area contributed by atoms with Crippen molar-refractivity contribution in [1.29, 1.82) is 0 Å². The van der Waals surface area contributed by atoms with Gasteiger partial charge in [0.05, 0.1) is 0 Å². The monoisotopic (exact) mass is 181 g/mol. The van der Waals surface area contributed by atoms with Crippen LogP contribution in [0.2, 0.25) is 0 Å². The van der Waals surface area contributed by atoms with E-state index >= 15 is 0 Å². The van der Waals surface area contributed by atoms with Gasteiger partial charge >= 0.3 is 0 Å². The summed E-state index contributed by atoms with van der Waals surface area (Å²) in [7, 11) is 1.60. The Morgan fingerprint density at radius 1 is 1.38 bits per heavy atom. The fourth-order valence-electron chi connectivity index (χ4n) is 1.30. The van der Waals surface area contributed by atoms with Gasteiger partial charge in [0.2, 0.25) is 6.79 Å². The Kier molecular flexibility index (Phi) is 2.08. The summed E-state index contributed by atoms with van der Waals surface area (Å²) in [5.41, 5.74) is 0.995. The Morgan fingerprint density at radius 3 is 2.92 bits per heavy atom. The van der Waals surface area contributed by atoms with Crippen LogP contribution in [0.4, 0.5) is 0 Å². The molecule has 0 atom stereocenters. The van der Waals surface area contributed by atoms with E-state index in [-0.39, 0.29) is 6.79 Å². The quantitative estimate of drug-likeness (QED) is 0.697. The molecule has 1 aromatic rings. The van der Waals surface area contributed by atoms with Gasteiger partial charge < -0.3 is 14.7 Å². The lowest BCUT2D eigenvalue weighted by Gasteiger charge is -2.07. The number of ether oxygens (including phenoxy) is 2. The van der Waals surface area contributed by atoms with E-state index in [9.17, 15) is 0 Å². The Bertz CT molecular complexity index is 312. The van der Waals surface area contributed by atoms with E-state index < -0.39 is 0 Å². The van der Waals surface area contributed by atoms with Gasteiger partial charge in [0.1, 0.15) is 0 Å². The molecule has 0 spiro atoms. The van der Waals surface area contributed by atoms with E-state index in [4.69, 9.17) is 14.7 Å². The maximum atomic E-state index is 9.02. The van der Waals surface area contributed by atoms with E-state index in [0.717, 1.165) is 22.1 Å². The van der Waals surface area contributed by atoms with Crippen LogP contribution in [0.5, 0.6) is 11.5 Å². The van der Waals surface area contributed by atoms with Gasteiger partial charge in [0.15, 0.2) is 11.5 Å². The van der Waals surface area contributed by atoms with Crippen molar-refractivity contribution in [2.24, 2.45) is 0 Å². The average molecular weight is 181 g/mol. The van der Waals surface area contributed by atoms with Gasteiger partial charge in [-0.15, -0.1) is 0 Å². The second kappa shape index (κ2) is 3.24. The zero-order valence-corrected chi connectivity index (χ0v) is 7.36. The van der Waals surface area contributed by atoms with Crippen LogP contribution >= 0.6 is 0 Å². The molecule has 70 valence electrons. The number of hydrogen-bond acceptors (Lipinski definition) is 4. The standard InChI is InChI=1S/C9H11NO3/c1-10(11)5-7-2-3-8-9(4-7)13-6-12-8/h2-4,11H,5-6H2,1H3. The summed E-state index contributed by atoms with van der Waals surface area (Å²) >= 11 is 0. The van der Waals surface area contributed by atoms with Crippen molar-refractivity contribution in [2.75, 3.05) is 13.8 Å². The van der Waals surface area contributed by atoms with Crippen LogP contribution in [0, 0.1) is 0 Å². The third-order valence-corrected chi connectivity index (χ3v) is 1.85. The normalized spacial score (nSPS) is 13.8. The second-order valence-electron chi connectivity index (χ2n) is 3.00. The van der Waals surface area contributed by atoms with Crippen molar-refractivity contribution < 1.29 is 14.7 Å². The molecule has 1 N–H and O–H groups in total. The molecule has 4 nitrogen and oxygen atoms in total. The zero-order valence-electron chi connectivity index (χ0n) is 7.36. The van der Waals surface area contributed by atoms with Crippen molar-refractivity contribution in [3.63, 3.8) is 0 Å². The van der Waals surface area contributed by atoms with Crippen molar-refractivity contribution >= 4 is 0 Å². The van der Waals surface area contributed by atoms with Gasteiger partial charge in [0, 0.05) is 13.6 Å². The first-order valence-corrected chi connectivity index (χ1v) is 4.04. The summed E-state index contributed by atoms with van der Waals surface area (Å²) in [6.45, 7) is 0.768. The summed E-state index contributed by atoms with van der Waals surface area (Å²) in [4.78, 5) is 0. The third kappa shape index (κ3) is 1.74. The van der Waals surface area contributed by atoms with Crippen molar-refractivity contribution in [2.45, 2.75) is 6.54 Å². The van der Waals surface area contributed by atoms with Crippen LogP contribution in [-0.4, -0.2) is 24.1 Å². The van der Waals surface area contributed by atoms with Crippen LogP contribution in [0.1, 0.15) is 5.56 Å². The van der Waals surface area contributed by atoms with Gasteiger partial charge in [-0.1, -0.05) is 6.07 Å². The van der Waals surface area contributed by atoms with E-state index in [1.807, 2.05) is 18.2 Å². The zero-order chi connectivity index (χ0) is 9.26. The van der Waals surface area contributed by atoms with Crippen LogP contribution in [-0.2, 0) is 6.54 Å². The molecule has 1 heterocycles. The molecule has 1 aliphatic heterocycles. The Morgan fingerprint density at radius 2 is 2.15 bits per heavy atom. The molecular weight excluding hydrogens is 170 g/mol. The molecule has 0 fully saturated rings. The predicted molar refractivity (Wildman–Crippen MR) is 45.8 cm³/mol. The number of fused-ring (bicyclic) bond motifs is 1. The molecule has 0 amide bonds. The van der Waals surface area contributed by atoms with E-state index in [1.165, 1.54) is 0 Å². The SMILES string of the molecule is CN(O)Cc1ccc2c(c1)OCO2. The predicted octanol–water partition coefficient (Wildman–Crippen LogP) is 1.24. The number of hydroxylamine groups is 2. The maximum Gasteiger partial charge on any atom is 0.231 e. The molecule has 1 aliphatic rings. The second-order valence-corrected chi connectivity index (χ2v) is 3.00. The average Bonchev–Trinajstić information content (AvgIpc) is 2.49. The van der Waals surface area contributed by atoms with Crippen LogP contribution in [0.25, 0.3) is 0 Å². The highest BCUT2D eigenvalue weighted by molar-refractivity contribution is 5.44. The molecule has 13 heavy (non-hydrogen) atoms. The Balaban J connectivity index is 2.21. The minimum atomic E-state index is 0.285. The first-order valence-electron chi connectivity index (χ1n) is 4.04. The molecule has 0 bridgehead atoms. The Labute approximate surface area is 76.3 Å². The third-order valence-electron chi connectivity index (χ3n) is 1.85. The highest BCUT2D eigenvalue weighted by Gasteiger charge is 2.13. The van der Waals surface area contributed by atoms with Crippen molar-refractivity contribution in [1.82, 2.24) is 5.06 Å². The lowest BCUT2D eigenvalue weighted by Crippen LogP contribution is -2.11. The summed E-state index contributed by atoms with van der Waals surface area (Å²) in [5, 5.41) is 10.1. The first-order chi connectivity index (χ1) is 6.25. The van der Waals surface area contributed by atoms with Crippen LogP contribution in [0.3, 0.4) is 0 Å². The van der Waals surface area contributed by atoms with Gasteiger partial charge in [-0.3, -0.25) is 0 Å². The van der Waals surface area contributed by atoms with E-state index in [1.54, 1.807) is 7.05 Å². The summed E-state index contributed by atoms with van der Waals surface area (Å²) in [5.74, 6) is 1.52. The van der Waals surface area contributed by atoms with E-state index in [0.29, 0.717) is 6.54 Å². The van der Waals surface area contributed by atoms with Crippen LogP contribution in [0.15, 0.2) is 18.2 Å². The fourth-order valence-corrected chi connectivity index (χ4v) is 1.30. The lowest BCUT2D eigenvalue weighted by atomic mass is 10.2. The molecule has 0 saturated heterocycles. The molecule has 0 radical (unpaired) electrons. The van der Waals surface area contributed by atoms with Gasteiger partial charge in [-0.25, -0.2) is 0 Å². The van der Waals surface area contributed by atoms with E-state index in [2.05, 4.69) is 0 Å². The summed E-state index contributed by atoms with van der Waals surface area (Å²) in [6.07, 6.45) is 0. The van der Waals surface area contributed by atoms with Gasteiger partial charge in [-0.05, 0) is 17.7 Å². The number of benzene rings is 1. The molecule has 1 aromatic carbocycles. The smallest absolute Gasteiger partial charge is 0.231 e. The maximum absolute atomic E-state index is 9.02. The largest absolute Gasteiger partial charge is 0.454 e. The number of rotatable bonds is 2. The molecule has 0 aliphatic carbocycles. The number of hydrogen-bond donors (Lipinski definition) is 1. The molecular formula is C9H11NO3. The summed E-state index contributed by atoms with van der Waals surface area (Å²) < 4.78 is 10.4. The van der Waals surface area contributed by atoms with Gasteiger partial charge in [0.25, 0.3) is 0 Å². The Hall–Kier alpha value is -1.26.